The molecule has 1 aromatic rings. The second-order valence-electron chi connectivity index (χ2n) is 5.47. The second-order valence-corrected chi connectivity index (χ2v) is 7.21. The Balaban J connectivity index is 2.84. The lowest BCUT2D eigenvalue weighted by Crippen LogP contribution is -2.34. The zero-order valence-electron chi connectivity index (χ0n) is 11.9. The topological polar surface area (TPSA) is 66.4 Å². The van der Waals surface area contributed by atoms with Gasteiger partial charge in [-0.1, -0.05) is 39.8 Å². The molecule has 5 heteroatoms. The lowest BCUT2D eigenvalue weighted by molar-refractivity contribution is 0.289. The van der Waals surface area contributed by atoms with E-state index >= 15 is 0 Å². The second kappa shape index (κ2) is 6.39. The van der Waals surface area contributed by atoms with Crippen molar-refractivity contribution in [3.8, 4) is 5.75 Å². The summed E-state index contributed by atoms with van der Waals surface area (Å²) in [6.45, 7) is 8.71. The maximum absolute atomic E-state index is 12.1. The first kappa shape index (κ1) is 16.0. The molecule has 0 unspecified atom stereocenters. The summed E-state index contributed by atoms with van der Waals surface area (Å²) < 4.78 is 26.9. The number of benzene rings is 1. The average molecular weight is 285 g/mol. The Kier molecular flexibility index (Phi) is 5.38. The molecule has 4 nitrogen and oxygen atoms in total. The molecule has 1 rings (SSSR count). The highest BCUT2D eigenvalue weighted by Gasteiger charge is 2.23. The Hall–Kier alpha value is -1.07. The third-order valence-electron chi connectivity index (χ3n) is 3.38. The molecule has 108 valence electrons. The smallest absolute Gasteiger partial charge is 0.244 e. The van der Waals surface area contributed by atoms with Crippen LogP contribution in [0.15, 0.2) is 29.2 Å². The molecule has 0 aliphatic heterocycles. The number of phenols is 1. The molecule has 0 bridgehead atoms. The van der Waals surface area contributed by atoms with Crippen molar-refractivity contribution >= 4 is 10.0 Å². The third kappa shape index (κ3) is 4.21. The van der Waals surface area contributed by atoms with Gasteiger partial charge >= 0.3 is 0 Å². The van der Waals surface area contributed by atoms with Gasteiger partial charge in [-0.25, -0.2) is 13.1 Å². The van der Waals surface area contributed by atoms with E-state index in [1.807, 2.05) is 0 Å². The van der Waals surface area contributed by atoms with Gasteiger partial charge in [-0.05, 0) is 29.9 Å². The first-order valence-corrected chi connectivity index (χ1v) is 8.01. The van der Waals surface area contributed by atoms with Gasteiger partial charge in [0.05, 0.1) is 0 Å². The van der Waals surface area contributed by atoms with Crippen molar-refractivity contribution in [1.29, 1.82) is 0 Å². The van der Waals surface area contributed by atoms with Gasteiger partial charge in [-0.15, -0.1) is 0 Å². The summed E-state index contributed by atoms with van der Waals surface area (Å²) in [7, 11) is -3.65. The minimum atomic E-state index is -3.65. The Morgan fingerprint density at radius 2 is 1.63 bits per heavy atom. The fourth-order valence-electron chi connectivity index (χ4n) is 2.21. The SMILES string of the molecule is CC(C)C(CNS(=O)(=O)c1ccccc1O)C(C)C. The van der Waals surface area contributed by atoms with Crippen LogP contribution in [0.3, 0.4) is 0 Å². The molecule has 0 saturated heterocycles. The number of sulfonamides is 1. The van der Waals surface area contributed by atoms with Crippen LogP contribution in [0, 0.1) is 17.8 Å². The highest BCUT2D eigenvalue weighted by atomic mass is 32.2. The summed E-state index contributed by atoms with van der Waals surface area (Å²) in [6.07, 6.45) is 0. The van der Waals surface area contributed by atoms with E-state index in [1.54, 1.807) is 12.1 Å². The van der Waals surface area contributed by atoms with Crippen LogP contribution in [0.5, 0.6) is 5.75 Å². The lowest BCUT2D eigenvalue weighted by atomic mass is 9.86. The largest absolute Gasteiger partial charge is 0.507 e. The van der Waals surface area contributed by atoms with Crippen molar-refractivity contribution in [3.05, 3.63) is 24.3 Å². The van der Waals surface area contributed by atoms with E-state index in [0.29, 0.717) is 18.4 Å². The van der Waals surface area contributed by atoms with Gasteiger partial charge in [0.1, 0.15) is 10.6 Å². The number of nitrogens with one attached hydrogen (secondary N) is 1. The Bertz CT molecular complexity index is 501. The normalized spacial score (nSPS) is 12.6. The predicted octanol–water partition coefficient (Wildman–Crippen LogP) is 2.60. The van der Waals surface area contributed by atoms with Crippen LogP contribution >= 0.6 is 0 Å². The van der Waals surface area contributed by atoms with Crippen LogP contribution in [0.25, 0.3) is 0 Å². The Morgan fingerprint density at radius 1 is 1.11 bits per heavy atom. The standard InChI is InChI=1S/C14H23NO3S/c1-10(2)12(11(3)4)9-15-19(17,18)14-8-6-5-7-13(14)16/h5-8,10-12,15-16H,9H2,1-4H3. The number of phenolic OH excluding ortho intramolecular Hbond substituents is 1. The van der Waals surface area contributed by atoms with Gasteiger partial charge in [0, 0.05) is 6.54 Å². The van der Waals surface area contributed by atoms with Crippen molar-refractivity contribution in [2.24, 2.45) is 17.8 Å². The van der Waals surface area contributed by atoms with E-state index in [0.717, 1.165) is 0 Å². The quantitative estimate of drug-likeness (QED) is 0.844. The third-order valence-corrected chi connectivity index (χ3v) is 4.85. The van der Waals surface area contributed by atoms with Crippen molar-refractivity contribution in [3.63, 3.8) is 0 Å². The molecule has 0 aliphatic rings. The molecule has 0 atom stereocenters. The van der Waals surface area contributed by atoms with Crippen molar-refractivity contribution in [2.75, 3.05) is 6.54 Å². The molecule has 19 heavy (non-hydrogen) atoms. The molecular weight excluding hydrogens is 262 g/mol. The highest BCUT2D eigenvalue weighted by Crippen LogP contribution is 2.23. The molecule has 1 aromatic carbocycles. The summed E-state index contributed by atoms with van der Waals surface area (Å²) in [5.41, 5.74) is 0. The van der Waals surface area contributed by atoms with E-state index in [4.69, 9.17) is 0 Å². The van der Waals surface area contributed by atoms with Gasteiger partial charge in [0.15, 0.2) is 0 Å². The molecule has 0 radical (unpaired) electrons. The van der Waals surface area contributed by atoms with Gasteiger partial charge in [0.2, 0.25) is 10.0 Å². The van der Waals surface area contributed by atoms with Gasteiger partial charge < -0.3 is 5.11 Å². The summed E-state index contributed by atoms with van der Waals surface area (Å²) in [6, 6.07) is 5.96. The lowest BCUT2D eigenvalue weighted by Gasteiger charge is -2.25. The molecule has 0 aliphatic carbocycles. The van der Waals surface area contributed by atoms with E-state index in [9.17, 15) is 13.5 Å². The Labute approximate surface area is 115 Å². The van der Waals surface area contributed by atoms with E-state index < -0.39 is 10.0 Å². The fraction of sp³-hybridized carbons (Fsp3) is 0.571. The summed E-state index contributed by atoms with van der Waals surface area (Å²) in [4.78, 5) is -0.0683. The average Bonchev–Trinajstić information content (AvgIpc) is 2.28. The van der Waals surface area contributed by atoms with Crippen molar-refractivity contribution in [1.82, 2.24) is 4.72 Å². The molecule has 0 aromatic heterocycles. The van der Waals surface area contributed by atoms with Crippen LogP contribution in [0.4, 0.5) is 0 Å². The van der Waals surface area contributed by atoms with Crippen LogP contribution in [-0.2, 0) is 10.0 Å². The number of para-hydroxylation sites is 1. The minimum Gasteiger partial charge on any atom is -0.507 e. The monoisotopic (exact) mass is 285 g/mol. The zero-order chi connectivity index (χ0) is 14.6. The zero-order valence-corrected chi connectivity index (χ0v) is 12.7. The fourth-order valence-corrected chi connectivity index (χ4v) is 3.38. The maximum atomic E-state index is 12.1. The van der Waals surface area contributed by atoms with Crippen LogP contribution in [-0.4, -0.2) is 20.1 Å². The van der Waals surface area contributed by atoms with Gasteiger partial charge in [-0.2, -0.15) is 0 Å². The first-order valence-electron chi connectivity index (χ1n) is 6.53. The van der Waals surface area contributed by atoms with E-state index in [2.05, 4.69) is 32.4 Å². The van der Waals surface area contributed by atoms with Crippen LogP contribution in [0.2, 0.25) is 0 Å². The number of rotatable bonds is 6. The van der Waals surface area contributed by atoms with E-state index in [1.165, 1.54) is 12.1 Å². The van der Waals surface area contributed by atoms with Crippen LogP contribution < -0.4 is 4.72 Å². The maximum Gasteiger partial charge on any atom is 0.244 e. The molecule has 0 spiro atoms. The van der Waals surface area contributed by atoms with E-state index in [-0.39, 0.29) is 16.6 Å². The molecule has 0 saturated carbocycles. The predicted molar refractivity (Wildman–Crippen MR) is 76.5 cm³/mol. The molecular formula is C14H23NO3S. The van der Waals surface area contributed by atoms with Crippen molar-refractivity contribution in [2.45, 2.75) is 32.6 Å². The van der Waals surface area contributed by atoms with Crippen molar-refractivity contribution < 1.29 is 13.5 Å². The minimum absolute atomic E-state index is 0.0683. The van der Waals surface area contributed by atoms with Gasteiger partial charge in [-0.3, -0.25) is 0 Å². The summed E-state index contributed by atoms with van der Waals surface area (Å²) in [5.74, 6) is 0.834. The number of hydrogen-bond acceptors (Lipinski definition) is 3. The molecule has 0 fully saturated rings. The summed E-state index contributed by atoms with van der Waals surface area (Å²) in [5, 5.41) is 9.61. The number of aromatic hydroxyl groups is 1. The molecule has 0 heterocycles. The highest BCUT2D eigenvalue weighted by molar-refractivity contribution is 7.89. The first-order chi connectivity index (χ1) is 8.75. The molecule has 2 N–H and O–H groups in total. The number of hydrogen-bond donors (Lipinski definition) is 2. The van der Waals surface area contributed by atoms with Crippen LogP contribution in [0.1, 0.15) is 27.7 Å². The molecule has 0 amide bonds. The Morgan fingerprint density at radius 3 is 2.11 bits per heavy atom. The summed E-state index contributed by atoms with van der Waals surface area (Å²) >= 11 is 0. The van der Waals surface area contributed by atoms with Gasteiger partial charge in [0.25, 0.3) is 0 Å².